The van der Waals surface area contributed by atoms with E-state index in [1.807, 2.05) is 24.3 Å². The van der Waals surface area contributed by atoms with Crippen molar-refractivity contribution in [2.24, 2.45) is 23.2 Å². The van der Waals surface area contributed by atoms with Crippen LogP contribution in [0, 0.1) is 23.2 Å². The molecule has 0 aliphatic heterocycles. The van der Waals surface area contributed by atoms with Gasteiger partial charge < -0.3 is 5.32 Å². The molecular weight excluding hydrogens is 388 g/mol. The molecule has 4 aliphatic rings. The summed E-state index contributed by atoms with van der Waals surface area (Å²) in [6, 6.07) is 20.6. The van der Waals surface area contributed by atoms with Crippen molar-refractivity contribution in [1.82, 2.24) is 4.98 Å². The third-order valence-corrected chi connectivity index (χ3v) is 8.47. The van der Waals surface area contributed by atoms with Crippen molar-refractivity contribution < 1.29 is 4.79 Å². The van der Waals surface area contributed by atoms with Crippen LogP contribution in [0.25, 0.3) is 21.7 Å². The third kappa shape index (κ3) is 3.09. The van der Waals surface area contributed by atoms with Crippen molar-refractivity contribution in [2.45, 2.75) is 38.5 Å². The lowest BCUT2D eigenvalue weighted by molar-refractivity contribution is -0.140. The molecule has 4 aliphatic carbocycles. The monoisotopic (exact) mass is 414 g/mol. The number of carbonyl (C=O) groups excluding carboxylic acids is 1. The Bertz CT molecular complexity index is 981. The molecule has 3 nitrogen and oxygen atoms in total. The van der Waals surface area contributed by atoms with E-state index in [4.69, 9.17) is 4.98 Å². The van der Waals surface area contributed by atoms with Gasteiger partial charge in [-0.05, 0) is 61.8 Å². The summed E-state index contributed by atoms with van der Waals surface area (Å²) >= 11 is 1.60. The molecule has 4 heteroatoms. The van der Waals surface area contributed by atoms with Gasteiger partial charge in [-0.15, -0.1) is 0 Å². The number of nitrogens with one attached hydrogen (secondary N) is 1. The lowest BCUT2D eigenvalue weighted by Gasteiger charge is -2.55. The molecule has 1 heterocycles. The molecule has 0 radical (unpaired) electrons. The van der Waals surface area contributed by atoms with Crippen LogP contribution < -0.4 is 5.32 Å². The standard InChI is InChI=1S/C26H26N2OS/c29-24(26-14-17-11-18(15-26)13-19(12-17)16-26)28-25-27-22(20-7-3-1-4-8-20)23(30-25)21-9-5-2-6-10-21/h1-10,17-19H,11-16H2,(H,27,28,29). The first-order chi connectivity index (χ1) is 14.7. The lowest BCUT2D eigenvalue weighted by Crippen LogP contribution is -2.51. The predicted octanol–water partition coefficient (Wildman–Crippen LogP) is 6.63. The third-order valence-electron chi connectivity index (χ3n) is 7.45. The molecule has 1 aromatic heterocycles. The van der Waals surface area contributed by atoms with Gasteiger partial charge in [-0.1, -0.05) is 72.0 Å². The van der Waals surface area contributed by atoms with Crippen molar-refractivity contribution >= 4 is 22.4 Å². The summed E-state index contributed by atoms with van der Waals surface area (Å²) < 4.78 is 0. The van der Waals surface area contributed by atoms with Gasteiger partial charge in [-0.3, -0.25) is 4.79 Å². The molecule has 152 valence electrons. The van der Waals surface area contributed by atoms with E-state index in [0.29, 0.717) is 0 Å². The van der Waals surface area contributed by atoms with Crippen LogP contribution >= 0.6 is 11.3 Å². The van der Waals surface area contributed by atoms with E-state index >= 15 is 0 Å². The summed E-state index contributed by atoms with van der Waals surface area (Å²) in [5, 5.41) is 4.00. The molecule has 4 bridgehead atoms. The van der Waals surface area contributed by atoms with E-state index in [1.165, 1.54) is 19.3 Å². The van der Waals surface area contributed by atoms with Crippen LogP contribution in [0.5, 0.6) is 0 Å². The Balaban J connectivity index is 1.34. The summed E-state index contributed by atoms with van der Waals surface area (Å²) in [6.45, 7) is 0. The van der Waals surface area contributed by atoms with Gasteiger partial charge >= 0.3 is 0 Å². The second-order valence-corrected chi connectivity index (χ2v) is 10.6. The fraction of sp³-hybridized carbons (Fsp3) is 0.385. The quantitative estimate of drug-likeness (QED) is 0.520. The Labute approximate surface area is 181 Å². The molecule has 7 rings (SSSR count). The molecule has 30 heavy (non-hydrogen) atoms. The molecule has 0 spiro atoms. The average molecular weight is 415 g/mol. The Morgan fingerprint density at radius 3 is 1.93 bits per heavy atom. The van der Waals surface area contributed by atoms with Crippen molar-refractivity contribution in [2.75, 3.05) is 5.32 Å². The number of aromatic nitrogens is 1. The number of hydrogen-bond acceptors (Lipinski definition) is 3. The molecule has 0 saturated heterocycles. The zero-order valence-electron chi connectivity index (χ0n) is 17.0. The van der Waals surface area contributed by atoms with E-state index in [1.54, 1.807) is 11.3 Å². The maximum atomic E-state index is 13.5. The molecule has 4 fully saturated rings. The minimum atomic E-state index is -0.153. The van der Waals surface area contributed by atoms with Crippen molar-refractivity contribution in [3.05, 3.63) is 60.7 Å². The van der Waals surface area contributed by atoms with Gasteiger partial charge in [-0.25, -0.2) is 4.98 Å². The first-order valence-corrected chi connectivity index (χ1v) is 11.9. The first-order valence-electron chi connectivity index (χ1n) is 11.1. The highest BCUT2D eigenvalue weighted by molar-refractivity contribution is 7.19. The van der Waals surface area contributed by atoms with Gasteiger partial charge in [-0.2, -0.15) is 0 Å². The highest BCUT2D eigenvalue weighted by atomic mass is 32.1. The molecule has 3 aromatic rings. The number of rotatable bonds is 4. The second-order valence-electron chi connectivity index (χ2n) is 9.58. The summed E-state index contributed by atoms with van der Waals surface area (Å²) in [6.07, 6.45) is 7.27. The van der Waals surface area contributed by atoms with Gasteiger partial charge in [0.25, 0.3) is 0 Å². The van der Waals surface area contributed by atoms with Gasteiger partial charge in [0.1, 0.15) is 0 Å². The number of thiazole rings is 1. The molecule has 2 aromatic carbocycles. The van der Waals surface area contributed by atoms with Gasteiger partial charge in [0.15, 0.2) is 5.13 Å². The fourth-order valence-corrected chi connectivity index (χ4v) is 7.56. The van der Waals surface area contributed by atoms with Crippen LogP contribution in [0.15, 0.2) is 60.7 Å². The molecule has 4 saturated carbocycles. The van der Waals surface area contributed by atoms with Gasteiger partial charge in [0, 0.05) is 5.56 Å². The highest BCUT2D eigenvalue weighted by Gasteiger charge is 2.54. The lowest BCUT2D eigenvalue weighted by atomic mass is 9.49. The maximum Gasteiger partial charge on any atom is 0.232 e. The van der Waals surface area contributed by atoms with Gasteiger partial charge in [0.2, 0.25) is 5.91 Å². The minimum Gasteiger partial charge on any atom is -0.301 e. The highest BCUT2D eigenvalue weighted by Crippen LogP contribution is 2.60. The molecule has 0 atom stereocenters. The molecule has 1 amide bonds. The van der Waals surface area contributed by atoms with Crippen molar-refractivity contribution in [1.29, 1.82) is 0 Å². The molecular formula is C26H26N2OS. The minimum absolute atomic E-state index is 0.153. The topological polar surface area (TPSA) is 42.0 Å². The van der Waals surface area contributed by atoms with E-state index < -0.39 is 0 Å². The average Bonchev–Trinajstić information content (AvgIpc) is 3.18. The second kappa shape index (κ2) is 7.05. The zero-order valence-corrected chi connectivity index (χ0v) is 17.8. The number of carbonyl (C=O) groups is 1. The summed E-state index contributed by atoms with van der Waals surface area (Å²) in [7, 11) is 0. The largest absolute Gasteiger partial charge is 0.301 e. The Hall–Kier alpha value is -2.46. The van der Waals surface area contributed by atoms with Crippen LogP contribution in [-0.2, 0) is 4.79 Å². The van der Waals surface area contributed by atoms with E-state index in [9.17, 15) is 4.79 Å². The predicted molar refractivity (Wildman–Crippen MR) is 122 cm³/mol. The van der Waals surface area contributed by atoms with Crippen molar-refractivity contribution in [3.8, 4) is 21.7 Å². The zero-order chi connectivity index (χ0) is 20.1. The first kappa shape index (κ1) is 18.3. The van der Waals surface area contributed by atoms with Crippen molar-refractivity contribution in [3.63, 3.8) is 0 Å². The van der Waals surface area contributed by atoms with Crippen LogP contribution in [0.4, 0.5) is 5.13 Å². The number of amides is 1. The van der Waals surface area contributed by atoms with Crippen LogP contribution in [0.3, 0.4) is 0 Å². The van der Waals surface area contributed by atoms with Crippen LogP contribution in [0.1, 0.15) is 38.5 Å². The van der Waals surface area contributed by atoms with Crippen LogP contribution in [-0.4, -0.2) is 10.9 Å². The Morgan fingerprint density at radius 1 is 0.833 bits per heavy atom. The van der Waals surface area contributed by atoms with Crippen LogP contribution in [0.2, 0.25) is 0 Å². The number of hydrogen-bond donors (Lipinski definition) is 1. The Morgan fingerprint density at radius 2 is 1.37 bits per heavy atom. The maximum absolute atomic E-state index is 13.5. The normalized spacial score (nSPS) is 29.1. The van der Waals surface area contributed by atoms with E-state index in [2.05, 4.69) is 41.7 Å². The summed E-state index contributed by atoms with van der Waals surface area (Å²) in [5.41, 5.74) is 3.03. The van der Waals surface area contributed by atoms with Gasteiger partial charge in [0.05, 0.1) is 16.0 Å². The van der Waals surface area contributed by atoms with E-state index in [-0.39, 0.29) is 11.3 Å². The summed E-state index contributed by atoms with van der Waals surface area (Å²) in [4.78, 5) is 19.5. The fourth-order valence-electron chi connectivity index (χ4n) is 6.57. The Kier molecular flexibility index (Phi) is 4.31. The summed E-state index contributed by atoms with van der Waals surface area (Å²) in [5.74, 6) is 2.50. The number of anilines is 1. The molecule has 1 N–H and O–H groups in total. The smallest absolute Gasteiger partial charge is 0.232 e. The SMILES string of the molecule is O=C(Nc1nc(-c2ccccc2)c(-c2ccccc2)s1)C12CC3CC(CC(C3)C1)C2. The number of benzene rings is 2. The van der Waals surface area contributed by atoms with E-state index in [0.717, 1.165) is 63.8 Å². The number of nitrogens with zero attached hydrogens (tertiary/aromatic N) is 1. The molecule has 0 unspecified atom stereocenters.